The summed E-state index contributed by atoms with van der Waals surface area (Å²) in [7, 11) is 0. The van der Waals surface area contributed by atoms with E-state index < -0.39 is 0 Å². The molecule has 1 aliphatic rings. The Balaban J connectivity index is 1.81. The molecule has 1 aromatic rings. The van der Waals surface area contributed by atoms with Crippen LogP contribution in [-0.2, 0) is 11.3 Å². The van der Waals surface area contributed by atoms with Gasteiger partial charge >= 0.3 is 0 Å². The van der Waals surface area contributed by atoms with Crippen molar-refractivity contribution in [1.29, 1.82) is 0 Å². The van der Waals surface area contributed by atoms with E-state index >= 15 is 0 Å². The summed E-state index contributed by atoms with van der Waals surface area (Å²) in [4.78, 5) is 14.0. The average molecular weight is 284 g/mol. The molecule has 0 aliphatic carbocycles. The summed E-state index contributed by atoms with van der Waals surface area (Å²) in [5, 5.41) is 12.0. The Morgan fingerprint density at radius 1 is 1.47 bits per heavy atom. The van der Waals surface area contributed by atoms with Crippen LogP contribution < -0.4 is 5.73 Å². The molecule has 2 N–H and O–H groups in total. The van der Waals surface area contributed by atoms with Crippen molar-refractivity contribution in [2.45, 2.75) is 31.5 Å². The number of rotatable bonds is 5. The third-order valence-electron chi connectivity index (χ3n) is 3.30. The Morgan fingerprint density at radius 2 is 2.21 bits per heavy atom. The van der Waals surface area contributed by atoms with Gasteiger partial charge in [0.15, 0.2) is 0 Å². The average Bonchev–Trinajstić information content (AvgIpc) is 2.85. The first kappa shape index (κ1) is 14.3. The molecule has 0 unspecified atom stereocenters. The molecule has 8 heteroatoms. The van der Waals surface area contributed by atoms with Gasteiger partial charge in [0.05, 0.1) is 12.3 Å². The number of likely N-dealkylation sites (tertiary alicyclic amines) is 1. The summed E-state index contributed by atoms with van der Waals surface area (Å²) in [6.45, 7) is 5.03. The smallest absolute Gasteiger partial charge is 0.233 e. The van der Waals surface area contributed by atoms with Crippen LogP contribution in [0.4, 0.5) is 0 Å². The summed E-state index contributed by atoms with van der Waals surface area (Å²) in [6.07, 6.45) is 2.20. The molecule has 1 amide bonds. The highest BCUT2D eigenvalue weighted by molar-refractivity contribution is 7.99. The number of nitrogens with zero attached hydrogens (tertiary/aromatic N) is 5. The Hall–Kier alpha value is -1.15. The molecule has 7 nitrogen and oxygen atoms in total. The van der Waals surface area contributed by atoms with E-state index in [0.717, 1.165) is 31.8 Å². The van der Waals surface area contributed by atoms with E-state index in [2.05, 4.69) is 22.4 Å². The number of thioether (sulfide) groups is 1. The fourth-order valence-corrected chi connectivity index (χ4v) is 2.84. The Morgan fingerprint density at radius 3 is 2.89 bits per heavy atom. The zero-order valence-corrected chi connectivity index (χ0v) is 12.0. The first-order valence-corrected chi connectivity index (χ1v) is 7.56. The summed E-state index contributed by atoms with van der Waals surface area (Å²) >= 11 is 1.38. The summed E-state index contributed by atoms with van der Waals surface area (Å²) < 4.78 is 1.64. The van der Waals surface area contributed by atoms with Gasteiger partial charge in [-0.25, -0.2) is 4.68 Å². The van der Waals surface area contributed by atoms with Crippen LogP contribution >= 0.6 is 11.8 Å². The van der Waals surface area contributed by atoms with E-state index in [9.17, 15) is 4.79 Å². The molecule has 0 aromatic carbocycles. The molecule has 0 atom stereocenters. The molecular weight excluding hydrogens is 264 g/mol. The number of carbonyl (C=O) groups excluding carboxylic acids is 1. The van der Waals surface area contributed by atoms with Crippen molar-refractivity contribution in [2.24, 2.45) is 11.7 Å². The molecule has 1 fully saturated rings. The largest absolute Gasteiger partial charge is 0.342 e. The number of piperidine rings is 1. The van der Waals surface area contributed by atoms with Gasteiger partial charge in [-0.15, -0.1) is 5.10 Å². The second-order valence-corrected chi connectivity index (χ2v) is 5.77. The predicted octanol–water partition coefficient (Wildman–Crippen LogP) is -0.0176. The lowest BCUT2D eigenvalue weighted by molar-refractivity contribution is -0.129. The molecule has 2 heterocycles. The van der Waals surface area contributed by atoms with Gasteiger partial charge in [-0.1, -0.05) is 18.7 Å². The van der Waals surface area contributed by atoms with Gasteiger partial charge in [0.25, 0.3) is 0 Å². The van der Waals surface area contributed by atoms with E-state index in [1.807, 2.05) is 4.90 Å². The van der Waals surface area contributed by atoms with Crippen molar-refractivity contribution in [2.75, 3.05) is 25.4 Å². The van der Waals surface area contributed by atoms with Gasteiger partial charge in [0.2, 0.25) is 11.1 Å². The minimum Gasteiger partial charge on any atom is -0.342 e. The summed E-state index contributed by atoms with van der Waals surface area (Å²) in [5.41, 5.74) is 5.47. The maximum absolute atomic E-state index is 12.1. The molecule has 0 radical (unpaired) electrons. The van der Waals surface area contributed by atoms with Gasteiger partial charge in [-0.2, -0.15) is 0 Å². The van der Waals surface area contributed by atoms with Crippen molar-refractivity contribution in [3.05, 3.63) is 0 Å². The highest BCUT2D eigenvalue weighted by atomic mass is 32.2. The zero-order valence-electron chi connectivity index (χ0n) is 11.2. The van der Waals surface area contributed by atoms with Gasteiger partial charge in [-0.3, -0.25) is 4.79 Å². The molecule has 0 saturated carbocycles. The Kier molecular flexibility index (Phi) is 5.15. The zero-order chi connectivity index (χ0) is 13.7. The second kappa shape index (κ2) is 6.85. The number of hydrogen-bond donors (Lipinski definition) is 1. The Labute approximate surface area is 116 Å². The van der Waals surface area contributed by atoms with Crippen molar-refractivity contribution in [1.82, 2.24) is 25.1 Å². The first-order chi connectivity index (χ1) is 9.20. The maximum Gasteiger partial charge on any atom is 0.233 e. The lowest BCUT2D eigenvalue weighted by Crippen LogP contribution is -2.38. The lowest BCUT2D eigenvalue weighted by Gasteiger charge is -2.30. The molecular formula is C11H20N6OS. The predicted molar refractivity (Wildman–Crippen MR) is 72.6 cm³/mol. The van der Waals surface area contributed by atoms with E-state index in [1.165, 1.54) is 11.8 Å². The van der Waals surface area contributed by atoms with Gasteiger partial charge in [0.1, 0.15) is 0 Å². The van der Waals surface area contributed by atoms with Crippen molar-refractivity contribution < 1.29 is 4.79 Å². The molecule has 1 aromatic heterocycles. The molecule has 106 valence electrons. The van der Waals surface area contributed by atoms with Crippen LogP contribution in [0.15, 0.2) is 5.16 Å². The SMILES string of the molecule is CC1CCN(C(=O)CSc2nnnn2CCN)CC1. The summed E-state index contributed by atoms with van der Waals surface area (Å²) in [5.74, 6) is 1.28. The van der Waals surface area contributed by atoms with Gasteiger partial charge in [-0.05, 0) is 29.2 Å². The fourth-order valence-electron chi connectivity index (χ4n) is 2.04. The molecule has 0 spiro atoms. The third-order valence-corrected chi connectivity index (χ3v) is 4.24. The van der Waals surface area contributed by atoms with E-state index in [-0.39, 0.29) is 5.91 Å². The van der Waals surface area contributed by atoms with Crippen LogP contribution in [0.2, 0.25) is 0 Å². The van der Waals surface area contributed by atoms with Crippen molar-refractivity contribution in [3.63, 3.8) is 0 Å². The second-order valence-electron chi connectivity index (χ2n) is 4.83. The number of hydrogen-bond acceptors (Lipinski definition) is 6. The fraction of sp³-hybridized carbons (Fsp3) is 0.818. The lowest BCUT2D eigenvalue weighted by atomic mass is 9.99. The third kappa shape index (κ3) is 3.90. The minimum atomic E-state index is 0.166. The van der Waals surface area contributed by atoms with Crippen LogP contribution in [0.25, 0.3) is 0 Å². The van der Waals surface area contributed by atoms with E-state index in [1.54, 1.807) is 4.68 Å². The highest BCUT2D eigenvalue weighted by Crippen LogP contribution is 2.19. The van der Waals surface area contributed by atoms with Crippen LogP contribution in [0.5, 0.6) is 0 Å². The van der Waals surface area contributed by atoms with Crippen LogP contribution in [0.1, 0.15) is 19.8 Å². The summed E-state index contributed by atoms with van der Waals surface area (Å²) in [6, 6.07) is 0. The van der Waals surface area contributed by atoms with E-state index in [0.29, 0.717) is 24.0 Å². The number of amides is 1. The van der Waals surface area contributed by atoms with E-state index in [4.69, 9.17) is 5.73 Å². The van der Waals surface area contributed by atoms with Gasteiger partial charge in [0, 0.05) is 19.6 Å². The van der Waals surface area contributed by atoms with Crippen molar-refractivity contribution >= 4 is 17.7 Å². The van der Waals surface area contributed by atoms with Crippen LogP contribution in [-0.4, -0.2) is 56.4 Å². The van der Waals surface area contributed by atoms with Crippen LogP contribution in [0, 0.1) is 5.92 Å². The molecule has 0 bridgehead atoms. The monoisotopic (exact) mass is 284 g/mol. The number of aromatic nitrogens is 4. The minimum absolute atomic E-state index is 0.166. The quantitative estimate of drug-likeness (QED) is 0.764. The maximum atomic E-state index is 12.1. The van der Waals surface area contributed by atoms with Crippen LogP contribution in [0.3, 0.4) is 0 Å². The molecule has 1 saturated heterocycles. The number of tetrazole rings is 1. The van der Waals surface area contributed by atoms with Gasteiger partial charge < -0.3 is 10.6 Å². The number of nitrogens with two attached hydrogens (primary N) is 1. The first-order valence-electron chi connectivity index (χ1n) is 6.57. The Bertz CT molecular complexity index is 415. The molecule has 19 heavy (non-hydrogen) atoms. The topological polar surface area (TPSA) is 89.9 Å². The van der Waals surface area contributed by atoms with Crippen molar-refractivity contribution in [3.8, 4) is 0 Å². The number of carbonyl (C=O) groups is 1. The highest BCUT2D eigenvalue weighted by Gasteiger charge is 2.20. The molecule has 1 aliphatic heterocycles. The normalized spacial score (nSPS) is 16.8. The molecule has 2 rings (SSSR count). The standard InChI is InChI=1S/C11H20N6OS/c1-9-2-5-16(6-3-9)10(18)8-19-11-13-14-15-17(11)7-4-12/h9H,2-8,12H2,1H3.